The highest BCUT2D eigenvalue weighted by molar-refractivity contribution is 6.31. The molecule has 1 fully saturated rings. The van der Waals surface area contributed by atoms with Gasteiger partial charge in [-0.3, -0.25) is 4.79 Å². The molecule has 2 aromatic carbocycles. The first-order chi connectivity index (χ1) is 14.7. The van der Waals surface area contributed by atoms with E-state index < -0.39 is 0 Å². The molecule has 1 atom stereocenters. The molecule has 2 heterocycles. The largest absolute Gasteiger partial charge is 0.491 e. The Morgan fingerprint density at radius 1 is 1.30 bits per heavy atom. The Balaban J connectivity index is 1.34. The number of anilines is 2. The van der Waals surface area contributed by atoms with Crippen molar-refractivity contribution in [2.45, 2.75) is 18.9 Å². The van der Waals surface area contributed by atoms with Crippen molar-refractivity contribution in [3.8, 4) is 11.4 Å². The van der Waals surface area contributed by atoms with E-state index >= 15 is 0 Å². The van der Waals surface area contributed by atoms with Gasteiger partial charge in [-0.25, -0.2) is 9.67 Å². The van der Waals surface area contributed by atoms with Crippen LogP contribution in [0, 0.1) is 0 Å². The second-order valence-electron chi connectivity index (χ2n) is 6.88. The Bertz CT molecular complexity index is 990. The van der Waals surface area contributed by atoms with Crippen LogP contribution < -0.4 is 15.4 Å². The van der Waals surface area contributed by atoms with Gasteiger partial charge in [0.15, 0.2) is 0 Å². The highest BCUT2D eigenvalue weighted by atomic mass is 35.5. The predicted octanol–water partition coefficient (Wildman–Crippen LogP) is 3.53. The maximum absolute atomic E-state index is 12.5. The summed E-state index contributed by atoms with van der Waals surface area (Å²) in [6, 6.07) is 12.7. The maximum atomic E-state index is 12.5. The zero-order valence-electron chi connectivity index (χ0n) is 16.3. The average Bonchev–Trinajstić information content (AvgIpc) is 3.45. The predicted molar refractivity (Wildman–Crippen MR) is 114 cm³/mol. The molecule has 30 heavy (non-hydrogen) atoms. The highest BCUT2D eigenvalue weighted by Gasteiger charge is 2.16. The molecule has 9 heteroatoms. The minimum absolute atomic E-state index is 0.0818. The first-order valence-electron chi connectivity index (χ1n) is 9.70. The number of nitrogens with one attached hydrogen (secondary N) is 2. The second-order valence-corrected chi connectivity index (χ2v) is 7.31. The van der Waals surface area contributed by atoms with Crippen LogP contribution in [0.15, 0.2) is 55.1 Å². The van der Waals surface area contributed by atoms with Gasteiger partial charge in [-0.2, -0.15) is 5.10 Å². The lowest BCUT2D eigenvalue weighted by Crippen LogP contribution is -2.22. The van der Waals surface area contributed by atoms with Gasteiger partial charge in [-0.15, -0.1) is 0 Å². The van der Waals surface area contributed by atoms with Crippen LogP contribution in [0.3, 0.4) is 0 Å². The van der Waals surface area contributed by atoms with Crippen molar-refractivity contribution in [1.82, 2.24) is 14.8 Å². The molecular weight excluding hydrogens is 406 g/mol. The Morgan fingerprint density at radius 2 is 2.23 bits per heavy atom. The SMILES string of the molecule is O=C(CNc1cccc(OC[C@H]2CCCO2)c1)Nc1cc(Cl)ccc1-n1cncn1. The third-order valence-corrected chi connectivity index (χ3v) is 4.88. The molecule has 1 saturated heterocycles. The van der Waals surface area contributed by atoms with E-state index in [2.05, 4.69) is 20.7 Å². The molecule has 8 nitrogen and oxygen atoms in total. The van der Waals surface area contributed by atoms with Crippen molar-refractivity contribution >= 4 is 28.9 Å². The van der Waals surface area contributed by atoms with Gasteiger partial charge in [0.1, 0.15) is 25.0 Å². The van der Waals surface area contributed by atoms with Crippen LogP contribution in [0.2, 0.25) is 5.02 Å². The van der Waals surface area contributed by atoms with E-state index in [4.69, 9.17) is 21.1 Å². The molecule has 0 unspecified atom stereocenters. The molecule has 0 saturated carbocycles. The molecule has 1 aliphatic rings. The average molecular weight is 428 g/mol. The monoisotopic (exact) mass is 427 g/mol. The summed E-state index contributed by atoms with van der Waals surface area (Å²) in [7, 11) is 0. The minimum Gasteiger partial charge on any atom is -0.491 e. The number of carbonyl (C=O) groups is 1. The van der Waals surface area contributed by atoms with E-state index in [1.807, 2.05) is 24.3 Å². The third-order valence-electron chi connectivity index (χ3n) is 4.65. The Hall–Kier alpha value is -3.10. The van der Waals surface area contributed by atoms with Gasteiger partial charge < -0.3 is 20.1 Å². The number of benzene rings is 2. The summed E-state index contributed by atoms with van der Waals surface area (Å²) in [5.74, 6) is 0.517. The number of halogens is 1. The fraction of sp³-hybridized carbons (Fsp3) is 0.286. The van der Waals surface area contributed by atoms with E-state index in [9.17, 15) is 4.79 Å². The number of hydrogen-bond donors (Lipinski definition) is 2. The topological polar surface area (TPSA) is 90.3 Å². The molecule has 1 aromatic heterocycles. The fourth-order valence-corrected chi connectivity index (χ4v) is 3.35. The van der Waals surface area contributed by atoms with Crippen LogP contribution in [0.5, 0.6) is 5.75 Å². The van der Waals surface area contributed by atoms with Crippen LogP contribution in [-0.4, -0.2) is 46.5 Å². The molecule has 1 aliphatic heterocycles. The molecule has 3 aromatic rings. The molecule has 0 bridgehead atoms. The third kappa shape index (κ3) is 5.28. The number of hydrogen-bond acceptors (Lipinski definition) is 6. The zero-order valence-corrected chi connectivity index (χ0v) is 17.0. The summed E-state index contributed by atoms with van der Waals surface area (Å²) in [6.45, 7) is 1.41. The zero-order chi connectivity index (χ0) is 20.8. The summed E-state index contributed by atoms with van der Waals surface area (Å²) in [6.07, 6.45) is 5.24. The Labute approximate surface area is 179 Å². The maximum Gasteiger partial charge on any atom is 0.243 e. The molecule has 0 spiro atoms. The number of rotatable bonds is 8. The van der Waals surface area contributed by atoms with Crippen molar-refractivity contribution in [2.75, 3.05) is 30.4 Å². The highest BCUT2D eigenvalue weighted by Crippen LogP contribution is 2.24. The molecule has 0 radical (unpaired) electrons. The van der Waals surface area contributed by atoms with Crippen molar-refractivity contribution < 1.29 is 14.3 Å². The van der Waals surface area contributed by atoms with Gasteiger partial charge in [-0.05, 0) is 43.2 Å². The van der Waals surface area contributed by atoms with Crippen LogP contribution in [0.4, 0.5) is 11.4 Å². The quantitative estimate of drug-likeness (QED) is 0.571. The normalized spacial score (nSPS) is 15.7. The summed E-state index contributed by atoms with van der Waals surface area (Å²) in [4.78, 5) is 16.4. The molecule has 0 aliphatic carbocycles. The number of nitrogens with zero attached hydrogens (tertiary/aromatic N) is 3. The van der Waals surface area contributed by atoms with Gasteiger partial charge in [0, 0.05) is 23.4 Å². The molecule has 1 amide bonds. The van der Waals surface area contributed by atoms with E-state index in [-0.39, 0.29) is 18.6 Å². The summed E-state index contributed by atoms with van der Waals surface area (Å²) in [5.41, 5.74) is 2.01. The van der Waals surface area contributed by atoms with Crippen LogP contribution >= 0.6 is 11.6 Å². The second kappa shape index (κ2) is 9.60. The van der Waals surface area contributed by atoms with E-state index in [0.29, 0.717) is 23.0 Å². The molecule has 2 N–H and O–H groups in total. The fourth-order valence-electron chi connectivity index (χ4n) is 3.18. The Morgan fingerprint density at radius 3 is 3.03 bits per heavy atom. The van der Waals surface area contributed by atoms with Crippen molar-refractivity contribution in [3.63, 3.8) is 0 Å². The Kier molecular flexibility index (Phi) is 6.46. The smallest absolute Gasteiger partial charge is 0.243 e. The van der Waals surface area contributed by atoms with E-state index in [0.717, 1.165) is 30.9 Å². The lowest BCUT2D eigenvalue weighted by atomic mass is 10.2. The number of aromatic nitrogens is 3. The first-order valence-corrected chi connectivity index (χ1v) is 10.1. The van der Waals surface area contributed by atoms with Gasteiger partial charge >= 0.3 is 0 Å². The lowest BCUT2D eigenvalue weighted by Gasteiger charge is -2.14. The van der Waals surface area contributed by atoms with Crippen molar-refractivity contribution in [2.24, 2.45) is 0 Å². The van der Waals surface area contributed by atoms with Crippen molar-refractivity contribution in [3.05, 3.63) is 60.1 Å². The van der Waals surface area contributed by atoms with Gasteiger partial charge in [0.05, 0.1) is 24.0 Å². The molecule has 4 rings (SSSR count). The van der Waals surface area contributed by atoms with Crippen LogP contribution in [0.1, 0.15) is 12.8 Å². The van der Waals surface area contributed by atoms with Gasteiger partial charge in [0.25, 0.3) is 0 Å². The first kappa shape index (κ1) is 20.2. The number of carbonyl (C=O) groups excluding carboxylic acids is 1. The van der Waals surface area contributed by atoms with Gasteiger partial charge in [-0.1, -0.05) is 17.7 Å². The van der Waals surface area contributed by atoms with Gasteiger partial charge in [0.2, 0.25) is 5.91 Å². The van der Waals surface area contributed by atoms with Crippen molar-refractivity contribution in [1.29, 1.82) is 0 Å². The number of ether oxygens (including phenoxy) is 2. The standard InChI is InChI=1S/C21H22ClN5O3/c22-15-6-7-20(27-14-23-13-25-27)19(9-15)26-21(28)11-24-16-3-1-4-17(10-16)30-12-18-5-2-8-29-18/h1,3-4,6-7,9-10,13-14,18,24H,2,5,8,11-12H2,(H,26,28)/t18-/m1/s1. The van der Waals surface area contributed by atoms with Crippen LogP contribution in [-0.2, 0) is 9.53 Å². The number of amides is 1. The molecular formula is C21H22ClN5O3. The summed E-state index contributed by atoms with van der Waals surface area (Å²) in [5, 5.41) is 10.6. The lowest BCUT2D eigenvalue weighted by molar-refractivity contribution is -0.114. The van der Waals surface area contributed by atoms with E-state index in [1.54, 1.807) is 29.2 Å². The summed E-state index contributed by atoms with van der Waals surface area (Å²) >= 11 is 6.09. The minimum atomic E-state index is -0.218. The molecule has 156 valence electrons. The summed E-state index contributed by atoms with van der Waals surface area (Å²) < 4.78 is 12.9. The van der Waals surface area contributed by atoms with E-state index in [1.165, 1.54) is 6.33 Å². The van der Waals surface area contributed by atoms with Crippen LogP contribution in [0.25, 0.3) is 5.69 Å².